The molecule has 0 aliphatic heterocycles. The highest BCUT2D eigenvalue weighted by atomic mass is 35.5. The number of ether oxygens (including phenoxy) is 1. The van der Waals surface area contributed by atoms with Gasteiger partial charge in [-0.1, -0.05) is 34.1 Å². The summed E-state index contributed by atoms with van der Waals surface area (Å²) in [6, 6.07) is 5.40. The van der Waals surface area contributed by atoms with Crippen LogP contribution in [0.1, 0.15) is 10.6 Å². The maximum atomic E-state index is 6.01. The van der Waals surface area contributed by atoms with Gasteiger partial charge in [0.25, 0.3) is 5.19 Å². The molecule has 6 heteroatoms. The molecule has 1 aromatic heterocycles. The van der Waals surface area contributed by atoms with Gasteiger partial charge in [0.2, 0.25) is 0 Å². The van der Waals surface area contributed by atoms with Crippen molar-refractivity contribution in [2.24, 2.45) is 5.73 Å². The summed E-state index contributed by atoms with van der Waals surface area (Å²) in [6.45, 7) is 2.19. The molecule has 0 spiro atoms. The lowest BCUT2D eigenvalue weighted by molar-refractivity contribution is 0.467. The van der Waals surface area contributed by atoms with Crippen LogP contribution in [-0.4, -0.2) is 10.2 Å². The molecule has 16 heavy (non-hydrogen) atoms. The monoisotopic (exact) mass is 255 g/mol. The molecule has 84 valence electrons. The van der Waals surface area contributed by atoms with Crippen molar-refractivity contribution in [3.63, 3.8) is 0 Å². The molecular weight excluding hydrogens is 246 g/mol. The van der Waals surface area contributed by atoms with Gasteiger partial charge < -0.3 is 10.5 Å². The fraction of sp³-hybridized carbons (Fsp3) is 0.200. The van der Waals surface area contributed by atoms with Crippen LogP contribution in [-0.2, 0) is 6.54 Å². The average molecular weight is 256 g/mol. The summed E-state index contributed by atoms with van der Waals surface area (Å²) in [5.74, 6) is 0.631. The van der Waals surface area contributed by atoms with E-state index in [4.69, 9.17) is 22.1 Å². The quantitative estimate of drug-likeness (QED) is 0.916. The molecular formula is C10H10ClN3OS. The third kappa shape index (κ3) is 2.32. The molecule has 0 bridgehead atoms. The van der Waals surface area contributed by atoms with Crippen LogP contribution in [0.5, 0.6) is 10.9 Å². The largest absolute Gasteiger partial charge is 0.429 e. The lowest BCUT2D eigenvalue weighted by atomic mass is 10.2. The second-order valence-electron chi connectivity index (χ2n) is 3.11. The Kier molecular flexibility index (Phi) is 3.38. The van der Waals surface area contributed by atoms with E-state index < -0.39 is 0 Å². The predicted molar refractivity (Wildman–Crippen MR) is 64.1 cm³/mol. The molecule has 0 atom stereocenters. The summed E-state index contributed by atoms with van der Waals surface area (Å²) in [4.78, 5) is 0. The Labute approximate surface area is 102 Å². The van der Waals surface area contributed by atoms with Crippen molar-refractivity contribution in [2.75, 3.05) is 0 Å². The van der Waals surface area contributed by atoms with E-state index in [9.17, 15) is 0 Å². The van der Waals surface area contributed by atoms with Crippen molar-refractivity contribution in [1.29, 1.82) is 0 Å². The minimum atomic E-state index is 0.326. The molecule has 0 unspecified atom stereocenters. The van der Waals surface area contributed by atoms with Crippen molar-refractivity contribution in [2.45, 2.75) is 13.5 Å². The Hall–Kier alpha value is -1.17. The predicted octanol–water partition coefficient (Wildman–Crippen LogP) is 2.75. The van der Waals surface area contributed by atoms with Gasteiger partial charge in [-0.3, -0.25) is 0 Å². The summed E-state index contributed by atoms with van der Waals surface area (Å²) >= 11 is 7.39. The van der Waals surface area contributed by atoms with Gasteiger partial charge in [0, 0.05) is 17.1 Å². The maximum Gasteiger partial charge on any atom is 0.299 e. The number of nitrogens with two attached hydrogens (primary N) is 1. The van der Waals surface area contributed by atoms with Gasteiger partial charge in [0.15, 0.2) is 0 Å². The molecule has 0 saturated carbocycles. The molecule has 1 heterocycles. The fourth-order valence-corrected chi connectivity index (χ4v) is 2.04. The summed E-state index contributed by atoms with van der Waals surface area (Å²) in [6.07, 6.45) is 0. The first-order valence-corrected chi connectivity index (χ1v) is 5.85. The Bertz CT molecular complexity index is 501. The van der Waals surface area contributed by atoms with E-state index in [1.807, 2.05) is 19.1 Å². The Morgan fingerprint density at radius 1 is 1.44 bits per heavy atom. The van der Waals surface area contributed by atoms with Crippen LogP contribution in [0, 0.1) is 6.92 Å². The van der Waals surface area contributed by atoms with E-state index in [2.05, 4.69) is 10.2 Å². The first kappa shape index (κ1) is 11.3. The zero-order valence-electron chi connectivity index (χ0n) is 8.61. The topological polar surface area (TPSA) is 61.0 Å². The molecule has 2 N–H and O–H groups in total. The van der Waals surface area contributed by atoms with Crippen molar-refractivity contribution in [1.82, 2.24) is 10.2 Å². The lowest BCUT2D eigenvalue weighted by Gasteiger charge is -2.08. The zero-order chi connectivity index (χ0) is 11.5. The zero-order valence-corrected chi connectivity index (χ0v) is 10.2. The fourth-order valence-electron chi connectivity index (χ4n) is 1.25. The highest BCUT2D eigenvalue weighted by Crippen LogP contribution is 2.31. The second kappa shape index (κ2) is 4.78. The van der Waals surface area contributed by atoms with Crippen LogP contribution in [0.25, 0.3) is 0 Å². The van der Waals surface area contributed by atoms with Crippen molar-refractivity contribution >= 4 is 22.9 Å². The average Bonchev–Trinajstić information content (AvgIpc) is 2.64. The van der Waals surface area contributed by atoms with Crippen molar-refractivity contribution in [3.8, 4) is 10.9 Å². The Morgan fingerprint density at radius 3 is 2.88 bits per heavy atom. The van der Waals surface area contributed by atoms with Gasteiger partial charge in [-0.2, -0.15) is 0 Å². The van der Waals surface area contributed by atoms with Gasteiger partial charge >= 0.3 is 0 Å². The van der Waals surface area contributed by atoms with E-state index >= 15 is 0 Å². The number of hydrogen-bond acceptors (Lipinski definition) is 5. The van der Waals surface area contributed by atoms with E-state index in [-0.39, 0.29) is 0 Å². The Morgan fingerprint density at radius 2 is 2.25 bits per heavy atom. The van der Waals surface area contributed by atoms with Gasteiger partial charge in [0.05, 0.1) is 0 Å². The minimum absolute atomic E-state index is 0.326. The molecule has 1 aromatic carbocycles. The summed E-state index contributed by atoms with van der Waals surface area (Å²) in [5.41, 5.74) is 6.39. The molecule has 0 amide bonds. The number of halogens is 1. The van der Waals surface area contributed by atoms with Gasteiger partial charge in [-0.25, -0.2) is 0 Å². The SMILES string of the molecule is Cc1nnc(Oc2cccc(Cl)c2CN)s1. The summed E-state index contributed by atoms with van der Waals surface area (Å²) in [7, 11) is 0. The van der Waals surface area contributed by atoms with E-state index in [1.54, 1.807) is 6.07 Å². The molecule has 0 fully saturated rings. The van der Waals surface area contributed by atoms with Crippen LogP contribution < -0.4 is 10.5 Å². The van der Waals surface area contributed by atoms with Crippen LogP contribution >= 0.6 is 22.9 Å². The second-order valence-corrected chi connectivity index (χ2v) is 4.66. The van der Waals surface area contributed by atoms with Gasteiger partial charge in [0.1, 0.15) is 10.8 Å². The number of aryl methyl sites for hydroxylation is 1. The molecule has 0 radical (unpaired) electrons. The standard InChI is InChI=1S/C10H10ClN3OS/c1-6-13-14-10(16-6)15-9-4-2-3-8(11)7(9)5-12/h2-4H,5,12H2,1H3. The Balaban J connectivity index is 2.30. The normalized spacial score (nSPS) is 10.4. The highest BCUT2D eigenvalue weighted by molar-refractivity contribution is 7.13. The smallest absolute Gasteiger partial charge is 0.299 e. The lowest BCUT2D eigenvalue weighted by Crippen LogP contribution is -2.00. The maximum absolute atomic E-state index is 6.01. The molecule has 2 rings (SSSR count). The van der Waals surface area contributed by atoms with E-state index in [0.717, 1.165) is 10.6 Å². The number of nitrogens with zero attached hydrogens (tertiary/aromatic N) is 2. The summed E-state index contributed by atoms with van der Waals surface area (Å²) in [5, 5.41) is 9.69. The van der Waals surface area contributed by atoms with Crippen LogP contribution in [0.3, 0.4) is 0 Å². The molecule has 0 aliphatic rings. The minimum Gasteiger partial charge on any atom is -0.429 e. The molecule has 4 nitrogen and oxygen atoms in total. The first-order chi connectivity index (χ1) is 7.70. The number of hydrogen-bond donors (Lipinski definition) is 1. The van der Waals surface area contributed by atoms with Gasteiger partial charge in [-0.15, -0.1) is 5.10 Å². The number of aromatic nitrogens is 2. The van der Waals surface area contributed by atoms with Gasteiger partial charge in [-0.05, 0) is 19.1 Å². The van der Waals surface area contributed by atoms with Crippen LogP contribution in [0.4, 0.5) is 0 Å². The molecule has 0 aliphatic carbocycles. The molecule has 2 aromatic rings. The highest BCUT2D eigenvalue weighted by Gasteiger charge is 2.09. The van der Waals surface area contributed by atoms with Crippen molar-refractivity contribution in [3.05, 3.63) is 33.8 Å². The van der Waals surface area contributed by atoms with Crippen molar-refractivity contribution < 1.29 is 4.74 Å². The third-order valence-corrected chi connectivity index (χ3v) is 3.06. The van der Waals surface area contributed by atoms with E-state index in [0.29, 0.717) is 22.5 Å². The molecule has 0 saturated heterocycles. The number of benzene rings is 1. The third-order valence-electron chi connectivity index (χ3n) is 1.98. The van der Waals surface area contributed by atoms with Crippen LogP contribution in [0.15, 0.2) is 18.2 Å². The van der Waals surface area contributed by atoms with Crippen LogP contribution in [0.2, 0.25) is 5.02 Å². The first-order valence-electron chi connectivity index (χ1n) is 4.66. The summed E-state index contributed by atoms with van der Waals surface area (Å²) < 4.78 is 5.58. The number of rotatable bonds is 3. The van der Waals surface area contributed by atoms with E-state index in [1.165, 1.54) is 11.3 Å².